The largest absolute Gasteiger partial charge is 0.508 e. The van der Waals surface area contributed by atoms with Crippen molar-refractivity contribution < 1.29 is 23.7 Å². The van der Waals surface area contributed by atoms with Gasteiger partial charge in [0.25, 0.3) is 0 Å². The summed E-state index contributed by atoms with van der Waals surface area (Å²) in [4.78, 5) is 11.7. The maximum Gasteiger partial charge on any atom is 0.508 e. The number of rotatable bonds is 12. The van der Waals surface area contributed by atoms with Crippen molar-refractivity contribution in [1.82, 2.24) is 0 Å². The van der Waals surface area contributed by atoms with Gasteiger partial charge in [0.15, 0.2) is 0 Å². The molecule has 5 heteroatoms. The average Bonchev–Trinajstić information content (AvgIpc) is 2.94. The fourth-order valence-electron chi connectivity index (χ4n) is 3.64. The van der Waals surface area contributed by atoms with E-state index in [1.165, 1.54) is 11.1 Å². The van der Waals surface area contributed by atoms with Gasteiger partial charge in [-0.1, -0.05) is 109 Å². The van der Waals surface area contributed by atoms with Gasteiger partial charge in [0.2, 0.25) is 0 Å². The van der Waals surface area contributed by atoms with Crippen molar-refractivity contribution in [1.29, 1.82) is 0 Å². The zero-order valence-electron chi connectivity index (χ0n) is 20.2. The van der Waals surface area contributed by atoms with E-state index in [9.17, 15) is 4.79 Å². The molecule has 0 spiro atoms. The minimum Gasteiger partial charge on any atom is -0.432 e. The first-order valence-corrected chi connectivity index (χ1v) is 12.0. The minimum atomic E-state index is -0.721. The lowest BCUT2D eigenvalue weighted by atomic mass is 10.0. The van der Waals surface area contributed by atoms with E-state index in [2.05, 4.69) is 48.5 Å². The lowest BCUT2D eigenvalue weighted by molar-refractivity contribution is 0.00653. The average molecular weight is 483 g/mol. The van der Waals surface area contributed by atoms with E-state index >= 15 is 0 Å². The van der Waals surface area contributed by atoms with Crippen LogP contribution in [0.1, 0.15) is 11.1 Å². The Balaban J connectivity index is 1.03. The van der Waals surface area contributed by atoms with Gasteiger partial charge < -0.3 is 18.9 Å². The summed E-state index contributed by atoms with van der Waals surface area (Å²) in [6.45, 7) is 1.77. The monoisotopic (exact) mass is 482 g/mol. The smallest absolute Gasteiger partial charge is 0.432 e. The predicted octanol–water partition coefficient (Wildman–Crippen LogP) is 6.91. The Morgan fingerprint density at radius 2 is 0.806 bits per heavy atom. The Kier molecular flexibility index (Phi) is 9.67. The molecule has 0 aromatic heterocycles. The Morgan fingerprint density at radius 3 is 1.19 bits per heavy atom. The molecule has 4 aromatic carbocycles. The van der Waals surface area contributed by atoms with Crippen molar-refractivity contribution in [3.05, 3.63) is 120 Å². The molecule has 0 aliphatic heterocycles. The normalized spacial score (nSPS) is 10.7. The van der Waals surface area contributed by atoms with Gasteiger partial charge in [0, 0.05) is 0 Å². The summed E-state index contributed by atoms with van der Waals surface area (Å²) in [5.41, 5.74) is 6.80. The fraction of sp³-hybridized carbons (Fsp3) is 0.194. The Hall–Kier alpha value is -3.93. The van der Waals surface area contributed by atoms with E-state index in [0.29, 0.717) is 26.4 Å². The standard InChI is InChI=1S/C31H30O5/c32-31(35-21-19-33-23-25-11-15-29(16-12-25)27-7-3-1-4-8-27)36-22-20-34-24-26-13-17-30(18-14-26)28-9-5-2-6-10-28/h1-18H,19-24H2. The van der Waals surface area contributed by atoms with Crippen LogP contribution in [0.2, 0.25) is 0 Å². The van der Waals surface area contributed by atoms with Gasteiger partial charge in [0.05, 0.1) is 26.4 Å². The van der Waals surface area contributed by atoms with Crippen LogP contribution in [0.5, 0.6) is 0 Å². The van der Waals surface area contributed by atoms with Crippen molar-refractivity contribution in [2.45, 2.75) is 13.2 Å². The Bertz CT molecular complexity index is 1080. The zero-order valence-corrected chi connectivity index (χ0v) is 20.2. The van der Waals surface area contributed by atoms with Gasteiger partial charge >= 0.3 is 6.16 Å². The highest BCUT2D eigenvalue weighted by Crippen LogP contribution is 2.20. The molecule has 0 bridgehead atoms. The summed E-state index contributed by atoms with van der Waals surface area (Å²) in [5, 5.41) is 0. The lowest BCUT2D eigenvalue weighted by Crippen LogP contribution is -2.15. The third kappa shape index (κ3) is 8.08. The zero-order chi connectivity index (χ0) is 24.8. The van der Waals surface area contributed by atoms with Gasteiger partial charge in [-0.05, 0) is 33.4 Å². The maximum absolute atomic E-state index is 11.7. The van der Waals surface area contributed by atoms with Crippen LogP contribution < -0.4 is 0 Å². The molecule has 0 heterocycles. The first-order chi connectivity index (χ1) is 17.8. The molecule has 0 unspecified atom stereocenters. The quantitative estimate of drug-likeness (QED) is 0.162. The molecule has 36 heavy (non-hydrogen) atoms. The maximum atomic E-state index is 11.7. The summed E-state index contributed by atoms with van der Waals surface area (Å²) in [6, 6.07) is 36.9. The molecular formula is C31H30O5. The molecule has 0 amide bonds. The SMILES string of the molecule is O=C(OCCOCc1ccc(-c2ccccc2)cc1)OCCOCc1ccc(-c2ccccc2)cc1. The van der Waals surface area contributed by atoms with Crippen LogP contribution in [0.4, 0.5) is 4.79 Å². The third-order valence-corrected chi connectivity index (χ3v) is 5.55. The van der Waals surface area contributed by atoms with Crippen molar-refractivity contribution in [3.63, 3.8) is 0 Å². The predicted molar refractivity (Wildman–Crippen MR) is 140 cm³/mol. The van der Waals surface area contributed by atoms with E-state index in [0.717, 1.165) is 22.3 Å². The van der Waals surface area contributed by atoms with Gasteiger partial charge in [0.1, 0.15) is 13.2 Å². The summed E-state index contributed by atoms with van der Waals surface area (Å²) in [7, 11) is 0. The van der Waals surface area contributed by atoms with Crippen LogP contribution in [-0.4, -0.2) is 32.6 Å². The van der Waals surface area contributed by atoms with Crippen LogP contribution in [-0.2, 0) is 32.2 Å². The first kappa shape index (κ1) is 25.2. The molecule has 0 fully saturated rings. The Labute approximate surface area is 212 Å². The van der Waals surface area contributed by atoms with Crippen LogP contribution in [0.15, 0.2) is 109 Å². The van der Waals surface area contributed by atoms with E-state index in [4.69, 9.17) is 18.9 Å². The van der Waals surface area contributed by atoms with E-state index < -0.39 is 6.16 Å². The van der Waals surface area contributed by atoms with Crippen molar-refractivity contribution in [2.75, 3.05) is 26.4 Å². The van der Waals surface area contributed by atoms with Gasteiger partial charge in [-0.2, -0.15) is 0 Å². The summed E-state index contributed by atoms with van der Waals surface area (Å²) in [5.74, 6) is 0. The molecule has 0 N–H and O–H groups in total. The molecule has 4 rings (SSSR count). The van der Waals surface area contributed by atoms with Gasteiger partial charge in [-0.15, -0.1) is 0 Å². The van der Waals surface area contributed by atoms with E-state index in [1.54, 1.807) is 0 Å². The summed E-state index contributed by atoms with van der Waals surface area (Å²) >= 11 is 0. The second-order valence-corrected chi connectivity index (χ2v) is 8.18. The molecule has 184 valence electrons. The fourth-order valence-corrected chi connectivity index (χ4v) is 3.64. The summed E-state index contributed by atoms with van der Waals surface area (Å²) in [6.07, 6.45) is -0.721. The number of ether oxygens (including phenoxy) is 4. The minimum absolute atomic E-state index is 0.134. The van der Waals surface area contributed by atoms with Crippen molar-refractivity contribution >= 4 is 6.16 Å². The lowest BCUT2D eigenvalue weighted by Gasteiger charge is -2.09. The molecule has 4 aromatic rings. The van der Waals surface area contributed by atoms with Crippen LogP contribution in [0.25, 0.3) is 22.3 Å². The molecule has 0 atom stereocenters. The van der Waals surface area contributed by atoms with Crippen LogP contribution in [0, 0.1) is 0 Å². The highest BCUT2D eigenvalue weighted by molar-refractivity contribution is 5.64. The number of hydrogen-bond acceptors (Lipinski definition) is 5. The number of carbonyl (C=O) groups excluding carboxylic acids is 1. The molecule has 0 saturated carbocycles. The first-order valence-electron chi connectivity index (χ1n) is 12.0. The number of carbonyl (C=O) groups is 1. The molecule has 0 radical (unpaired) electrons. The second kappa shape index (κ2) is 13.8. The highest BCUT2D eigenvalue weighted by Gasteiger charge is 2.04. The number of benzene rings is 4. The van der Waals surface area contributed by atoms with Gasteiger partial charge in [-0.3, -0.25) is 0 Å². The summed E-state index contributed by atoms with van der Waals surface area (Å²) < 4.78 is 21.2. The molecular weight excluding hydrogens is 452 g/mol. The van der Waals surface area contributed by atoms with E-state index in [1.807, 2.05) is 60.7 Å². The molecule has 0 saturated heterocycles. The van der Waals surface area contributed by atoms with Crippen LogP contribution in [0.3, 0.4) is 0 Å². The van der Waals surface area contributed by atoms with Crippen molar-refractivity contribution in [2.24, 2.45) is 0 Å². The third-order valence-electron chi connectivity index (χ3n) is 5.55. The van der Waals surface area contributed by atoms with E-state index in [-0.39, 0.29) is 13.2 Å². The molecule has 0 aliphatic rings. The highest BCUT2D eigenvalue weighted by atomic mass is 16.7. The van der Waals surface area contributed by atoms with Crippen molar-refractivity contribution in [3.8, 4) is 22.3 Å². The molecule has 0 aliphatic carbocycles. The van der Waals surface area contributed by atoms with Gasteiger partial charge in [-0.25, -0.2) is 4.79 Å². The topological polar surface area (TPSA) is 54.0 Å². The number of hydrogen-bond donors (Lipinski definition) is 0. The molecule has 5 nitrogen and oxygen atoms in total. The second-order valence-electron chi connectivity index (χ2n) is 8.18. The Morgan fingerprint density at radius 1 is 0.444 bits per heavy atom. The van der Waals surface area contributed by atoms with Crippen LogP contribution >= 0.6 is 0 Å².